The molecule has 1 amide bonds. The molecule has 0 radical (unpaired) electrons. The van der Waals surface area contributed by atoms with Gasteiger partial charge < -0.3 is 10.4 Å². The number of carbonyl (C=O) groups excluding carboxylic acids is 1. The lowest BCUT2D eigenvalue weighted by molar-refractivity contribution is -0.145. The van der Waals surface area contributed by atoms with Gasteiger partial charge in [-0.1, -0.05) is 39.8 Å². The molecule has 2 N–H and O–H groups in total. The van der Waals surface area contributed by atoms with Gasteiger partial charge in [0.15, 0.2) is 0 Å². The van der Waals surface area contributed by atoms with E-state index in [1.165, 1.54) is 5.56 Å². The molecule has 0 fully saturated rings. The van der Waals surface area contributed by atoms with E-state index >= 15 is 0 Å². The predicted molar refractivity (Wildman–Crippen MR) is 79.7 cm³/mol. The number of benzene rings is 1. The normalized spacial score (nSPS) is 15.2. The summed E-state index contributed by atoms with van der Waals surface area (Å²) in [5, 5.41) is 11.7. The molecule has 4 heteroatoms. The van der Waals surface area contributed by atoms with Crippen LogP contribution in [0.1, 0.15) is 45.6 Å². The van der Waals surface area contributed by atoms with E-state index in [0.717, 1.165) is 6.42 Å². The van der Waals surface area contributed by atoms with Gasteiger partial charge in [0.1, 0.15) is 0 Å². The number of hydrogen-bond donors (Lipinski definition) is 2. The maximum atomic E-state index is 12.0. The molecule has 110 valence electrons. The van der Waals surface area contributed by atoms with E-state index in [1.807, 2.05) is 24.3 Å². The van der Waals surface area contributed by atoms with Crippen LogP contribution in [0.3, 0.4) is 0 Å². The number of carboxylic acids is 1. The lowest BCUT2D eigenvalue weighted by atomic mass is 9.95. The van der Waals surface area contributed by atoms with Gasteiger partial charge in [0.05, 0.1) is 5.92 Å². The van der Waals surface area contributed by atoms with Crippen LogP contribution in [0.25, 0.3) is 0 Å². The fourth-order valence-corrected chi connectivity index (χ4v) is 1.83. The quantitative estimate of drug-likeness (QED) is 0.836. The topological polar surface area (TPSA) is 66.4 Å². The first-order chi connectivity index (χ1) is 9.36. The summed E-state index contributed by atoms with van der Waals surface area (Å²) in [6.45, 7) is 7.46. The summed E-state index contributed by atoms with van der Waals surface area (Å²) in [6.07, 6.45) is 1.07. The monoisotopic (exact) mass is 277 g/mol. The average Bonchev–Trinajstić information content (AvgIpc) is 2.45. The molecule has 1 aromatic carbocycles. The first-order valence-electron chi connectivity index (χ1n) is 7.00. The molecule has 3 unspecified atom stereocenters. The van der Waals surface area contributed by atoms with Gasteiger partial charge in [-0.2, -0.15) is 0 Å². The van der Waals surface area contributed by atoms with Gasteiger partial charge in [-0.05, 0) is 30.0 Å². The molecule has 0 heterocycles. The van der Waals surface area contributed by atoms with Gasteiger partial charge in [-0.25, -0.2) is 0 Å². The van der Waals surface area contributed by atoms with E-state index in [0.29, 0.717) is 11.6 Å². The number of aliphatic carboxylic acids is 1. The van der Waals surface area contributed by atoms with Crippen LogP contribution in [-0.2, 0) is 9.59 Å². The molecule has 0 saturated carbocycles. The Kier molecular flexibility index (Phi) is 5.74. The van der Waals surface area contributed by atoms with E-state index in [1.54, 1.807) is 13.8 Å². The third-order valence-corrected chi connectivity index (χ3v) is 3.91. The number of hydrogen-bond acceptors (Lipinski definition) is 2. The molecule has 0 aromatic heterocycles. The van der Waals surface area contributed by atoms with Crippen molar-refractivity contribution in [3.8, 4) is 0 Å². The Balaban J connectivity index is 2.69. The molecule has 3 atom stereocenters. The largest absolute Gasteiger partial charge is 0.481 e. The van der Waals surface area contributed by atoms with E-state index in [4.69, 9.17) is 5.11 Å². The van der Waals surface area contributed by atoms with E-state index < -0.39 is 17.8 Å². The Morgan fingerprint density at radius 2 is 1.65 bits per heavy atom. The minimum absolute atomic E-state index is 0.267. The second-order valence-electron chi connectivity index (χ2n) is 5.34. The molecule has 0 spiro atoms. The van der Waals surface area contributed by atoms with Crippen molar-refractivity contribution < 1.29 is 14.7 Å². The second kappa shape index (κ2) is 7.08. The lowest BCUT2D eigenvalue weighted by Gasteiger charge is -2.16. The highest BCUT2D eigenvalue weighted by Gasteiger charge is 2.25. The zero-order chi connectivity index (χ0) is 15.3. The molecule has 0 aliphatic rings. The molecule has 1 aromatic rings. The van der Waals surface area contributed by atoms with Crippen LogP contribution in [0.2, 0.25) is 0 Å². The zero-order valence-corrected chi connectivity index (χ0v) is 12.5. The highest BCUT2D eigenvalue weighted by Crippen LogP contribution is 2.21. The highest BCUT2D eigenvalue weighted by molar-refractivity contribution is 5.94. The lowest BCUT2D eigenvalue weighted by Crippen LogP contribution is -2.29. The van der Waals surface area contributed by atoms with Crippen LogP contribution in [0, 0.1) is 11.8 Å². The molecular formula is C16H23NO3. The molecule has 4 nitrogen and oxygen atoms in total. The molecule has 0 aliphatic carbocycles. The molecule has 1 rings (SSSR count). The second-order valence-corrected chi connectivity index (χ2v) is 5.34. The summed E-state index contributed by atoms with van der Waals surface area (Å²) in [6, 6.07) is 7.71. The van der Waals surface area contributed by atoms with Crippen molar-refractivity contribution in [2.24, 2.45) is 11.8 Å². The highest BCUT2D eigenvalue weighted by atomic mass is 16.4. The van der Waals surface area contributed by atoms with Gasteiger partial charge in [-0.3, -0.25) is 9.59 Å². The van der Waals surface area contributed by atoms with Crippen molar-refractivity contribution in [1.82, 2.24) is 0 Å². The Morgan fingerprint density at radius 1 is 1.10 bits per heavy atom. The molecule has 0 aliphatic heterocycles. The SMILES string of the molecule is CCC(C)c1ccc(NC(=O)C(C)C(C)C(=O)O)cc1. The van der Waals surface area contributed by atoms with E-state index in [9.17, 15) is 9.59 Å². The van der Waals surface area contributed by atoms with Gasteiger partial charge in [0, 0.05) is 11.6 Å². The van der Waals surface area contributed by atoms with Crippen molar-refractivity contribution in [2.75, 3.05) is 5.32 Å². The Hall–Kier alpha value is -1.84. The number of carbonyl (C=O) groups is 2. The smallest absolute Gasteiger partial charge is 0.307 e. The van der Waals surface area contributed by atoms with Crippen LogP contribution in [0.5, 0.6) is 0 Å². The number of rotatable bonds is 6. The molecule has 0 saturated heterocycles. The van der Waals surface area contributed by atoms with Crippen LogP contribution >= 0.6 is 0 Å². The minimum Gasteiger partial charge on any atom is -0.481 e. The van der Waals surface area contributed by atoms with E-state index in [2.05, 4.69) is 19.2 Å². The standard InChI is InChI=1S/C16H23NO3/c1-5-10(2)13-6-8-14(9-7-13)17-15(18)11(3)12(4)16(19)20/h6-12H,5H2,1-4H3,(H,17,18)(H,19,20). The maximum Gasteiger partial charge on any atom is 0.307 e. The number of carboxylic acid groups (broad SMARTS) is 1. The summed E-state index contributed by atoms with van der Waals surface area (Å²) >= 11 is 0. The predicted octanol–water partition coefficient (Wildman–Crippen LogP) is 3.50. The fourth-order valence-electron chi connectivity index (χ4n) is 1.83. The van der Waals surface area contributed by atoms with Crippen molar-refractivity contribution >= 4 is 17.6 Å². The Labute approximate surface area is 120 Å². The van der Waals surface area contributed by atoms with Gasteiger partial charge in [0.2, 0.25) is 5.91 Å². The molecule has 20 heavy (non-hydrogen) atoms. The van der Waals surface area contributed by atoms with Crippen molar-refractivity contribution in [1.29, 1.82) is 0 Å². The summed E-state index contributed by atoms with van der Waals surface area (Å²) < 4.78 is 0. The zero-order valence-electron chi connectivity index (χ0n) is 12.5. The minimum atomic E-state index is -0.959. The molecular weight excluding hydrogens is 254 g/mol. The summed E-state index contributed by atoms with van der Waals surface area (Å²) in [5.74, 6) is -2.00. The van der Waals surface area contributed by atoms with Crippen LogP contribution in [0.4, 0.5) is 5.69 Å². The van der Waals surface area contributed by atoms with Crippen molar-refractivity contribution in [2.45, 2.75) is 40.0 Å². The third kappa shape index (κ3) is 4.08. The van der Waals surface area contributed by atoms with E-state index in [-0.39, 0.29) is 5.91 Å². The first-order valence-corrected chi connectivity index (χ1v) is 7.00. The molecule has 0 bridgehead atoms. The maximum absolute atomic E-state index is 12.0. The van der Waals surface area contributed by atoms with Crippen LogP contribution in [0.15, 0.2) is 24.3 Å². The number of nitrogens with one attached hydrogen (secondary N) is 1. The number of amides is 1. The third-order valence-electron chi connectivity index (χ3n) is 3.91. The summed E-state index contributed by atoms with van der Waals surface area (Å²) in [4.78, 5) is 22.8. The number of anilines is 1. The Morgan fingerprint density at radius 3 is 2.10 bits per heavy atom. The van der Waals surface area contributed by atoms with Crippen molar-refractivity contribution in [3.05, 3.63) is 29.8 Å². The summed E-state index contributed by atoms with van der Waals surface area (Å²) in [5.41, 5.74) is 1.93. The van der Waals surface area contributed by atoms with Gasteiger partial charge in [0.25, 0.3) is 0 Å². The first kappa shape index (κ1) is 16.2. The Bertz CT molecular complexity index is 467. The van der Waals surface area contributed by atoms with Gasteiger partial charge in [-0.15, -0.1) is 0 Å². The fraction of sp³-hybridized carbons (Fsp3) is 0.500. The van der Waals surface area contributed by atoms with Crippen molar-refractivity contribution in [3.63, 3.8) is 0 Å². The average molecular weight is 277 g/mol. The van der Waals surface area contributed by atoms with Crippen LogP contribution < -0.4 is 5.32 Å². The van der Waals surface area contributed by atoms with Gasteiger partial charge >= 0.3 is 5.97 Å². The van der Waals surface area contributed by atoms with Crippen LogP contribution in [-0.4, -0.2) is 17.0 Å². The summed E-state index contributed by atoms with van der Waals surface area (Å²) in [7, 11) is 0.